The van der Waals surface area contributed by atoms with Gasteiger partial charge in [0.1, 0.15) is 5.75 Å². The Bertz CT molecular complexity index is 437. The summed E-state index contributed by atoms with van der Waals surface area (Å²) < 4.78 is 5.71. The van der Waals surface area contributed by atoms with Crippen LogP contribution in [0.4, 0.5) is 0 Å². The molecule has 1 fully saturated rings. The smallest absolute Gasteiger partial charge is 0.120 e. The number of hydrogen-bond acceptors (Lipinski definition) is 5. The van der Waals surface area contributed by atoms with Gasteiger partial charge >= 0.3 is 0 Å². The molecule has 1 aliphatic heterocycles. The number of aliphatic hydroxyl groups is 1. The predicted octanol–water partition coefficient (Wildman–Crippen LogP) is 0.952. The Morgan fingerprint density at radius 2 is 2.00 bits per heavy atom. The van der Waals surface area contributed by atoms with Gasteiger partial charge in [0.05, 0.1) is 24.9 Å². The molecule has 1 saturated heterocycles. The molecule has 5 nitrogen and oxygen atoms in total. The van der Waals surface area contributed by atoms with Gasteiger partial charge < -0.3 is 25.2 Å². The molecular formula is C16H26N2O3. The van der Waals surface area contributed by atoms with Gasteiger partial charge in [0, 0.05) is 18.7 Å². The van der Waals surface area contributed by atoms with E-state index in [2.05, 4.69) is 24.1 Å². The minimum atomic E-state index is -0.517. The lowest BCUT2D eigenvalue weighted by molar-refractivity contribution is 0.0170. The fraction of sp³-hybridized carbons (Fsp3) is 0.625. The summed E-state index contributed by atoms with van der Waals surface area (Å²) in [5.74, 6) is 0.276. The molecule has 3 N–H and O–H groups in total. The highest BCUT2D eigenvalue weighted by atomic mass is 16.5. The Hall–Kier alpha value is -1.14. The maximum atomic E-state index is 10.4. The SMILES string of the molecule is CCN(CC)C[C@@H]1OCC(NCc2ccccc2O)[C@H]1O. The van der Waals surface area contributed by atoms with E-state index in [0.717, 1.165) is 25.2 Å². The van der Waals surface area contributed by atoms with Crippen LogP contribution in [0.2, 0.25) is 0 Å². The first-order valence-corrected chi connectivity index (χ1v) is 7.68. The molecule has 5 heteroatoms. The van der Waals surface area contributed by atoms with Crippen LogP contribution in [0.25, 0.3) is 0 Å². The highest BCUT2D eigenvalue weighted by molar-refractivity contribution is 5.31. The Labute approximate surface area is 126 Å². The van der Waals surface area contributed by atoms with E-state index in [1.807, 2.05) is 12.1 Å². The van der Waals surface area contributed by atoms with Crippen molar-refractivity contribution in [2.45, 2.75) is 38.6 Å². The summed E-state index contributed by atoms with van der Waals surface area (Å²) in [6.07, 6.45) is -0.664. The van der Waals surface area contributed by atoms with E-state index in [4.69, 9.17) is 4.74 Å². The standard InChI is InChI=1S/C16H26N2O3/c1-3-18(4-2)10-15-16(20)13(11-21-15)17-9-12-7-5-6-8-14(12)19/h5-8,13,15-17,19-20H,3-4,9-11H2,1-2H3/t13?,15-,16+/m0/s1. The molecule has 1 unspecified atom stereocenters. The van der Waals surface area contributed by atoms with Crippen molar-refractivity contribution in [2.75, 3.05) is 26.2 Å². The Balaban J connectivity index is 1.84. The lowest BCUT2D eigenvalue weighted by Gasteiger charge is -2.24. The Kier molecular flexibility index (Phi) is 5.99. The molecule has 2 rings (SSSR count). The number of phenols is 1. The number of aromatic hydroxyl groups is 1. The van der Waals surface area contributed by atoms with Crippen LogP contribution in [0, 0.1) is 0 Å². The number of nitrogens with zero attached hydrogens (tertiary/aromatic N) is 1. The molecule has 0 saturated carbocycles. The number of rotatable bonds is 7. The van der Waals surface area contributed by atoms with Gasteiger partial charge in [-0.2, -0.15) is 0 Å². The average molecular weight is 294 g/mol. The lowest BCUT2D eigenvalue weighted by atomic mass is 10.1. The molecule has 1 aromatic carbocycles. The van der Waals surface area contributed by atoms with E-state index in [1.54, 1.807) is 12.1 Å². The summed E-state index contributed by atoms with van der Waals surface area (Å²) in [5, 5.41) is 23.4. The first-order chi connectivity index (χ1) is 10.2. The van der Waals surface area contributed by atoms with Crippen molar-refractivity contribution in [1.29, 1.82) is 0 Å². The van der Waals surface area contributed by atoms with Crippen molar-refractivity contribution in [1.82, 2.24) is 10.2 Å². The number of para-hydroxylation sites is 1. The van der Waals surface area contributed by atoms with Gasteiger partial charge in [-0.25, -0.2) is 0 Å². The summed E-state index contributed by atoms with van der Waals surface area (Å²) >= 11 is 0. The lowest BCUT2D eigenvalue weighted by Crippen LogP contribution is -2.44. The van der Waals surface area contributed by atoms with Gasteiger partial charge in [-0.05, 0) is 19.2 Å². The highest BCUT2D eigenvalue weighted by Crippen LogP contribution is 2.19. The van der Waals surface area contributed by atoms with Crippen molar-refractivity contribution in [3.63, 3.8) is 0 Å². The summed E-state index contributed by atoms with van der Waals surface area (Å²) in [6.45, 7) is 7.91. The summed E-state index contributed by atoms with van der Waals surface area (Å²) in [7, 11) is 0. The van der Waals surface area contributed by atoms with E-state index >= 15 is 0 Å². The van der Waals surface area contributed by atoms with Crippen molar-refractivity contribution < 1.29 is 14.9 Å². The molecule has 3 atom stereocenters. The third-order valence-electron chi connectivity index (χ3n) is 4.16. The molecule has 0 aromatic heterocycles. The predicted molar refractivity (Wildman–Crippen MR) is 82.3 cm³/mol. The van der Waals surface area contributed by atoms with E-state index in [1.165, 1.54) is 0 Å². The van der Waals surface area contributed by atoms with Crippen molar-refractivity contribution in [3.8, 4) is 5.75 Å². The Morgan fingerprint density at radius 1 is 1.29 bits per heavy atom. The summed E-state index contributed by atoms with van der Waals surface area (Å²) in [5.41, 5.74) is 0.830. The first kappa shape index (κ1) is 16.2. The van der Waals surface area contributed by atoms with Crippen molar-refractivity contribution >= 4 is 0 Å². The van der Waals surface area contributed by atoms with Crippen molar-refractivity contribution in [2.24, 2.45) is 0 Å². The quantitative estimate of drug-likeness (QED) is 0.699. The first-order valence-electron chi connectivity index (χ1n) is 7.68. The fourth-order valence-corrected chi connectivity index (χ4v) is 2.66. The highest BCUT2D eigenvalue weighted by Gasteiger charge is 2.36. The monoisotopic (exact) mass is 294 g/mol. The van der Waals surface area contributed by atoms with Gasteiger partial charge in [0.2, 0.25) is 0 Å². The average Bonchev–Trinajstić information content (AvgIpc) is 2.84. The van der Waals surface area contributed by atoms with E-state index in [9.17, 15) is 10.2 Å². The van der Waals surface area contributed by atoms with Crippen LogP contribution in [0.3, 0.4) is 0 Å². The van der Waals surface area contributed by atoms with Crippen LogP contribution in [-0.2, 0) is 11.3 Å². The maximum Gasteiger partial charge on any atom is 0.120 e. The van der Waals surface area contributed by atoms with Crippen LogP contribution in [-0.4, -0.2) is 59.6 Å². The maximum absolute atomic E-state index is 10.4. The molecule has 0 aliphatic carbocycles. The second kappa shape index (κ2) is 7.75. The zero-order chi connectivity index (χ0) is 15.2. The Morgan fingerprint density at radius 3 is 2.67 bits per heavy atom. The molecule has 1 heterocycles. The van der Waals surface area contributed by atoms with Gasteiger partial charge in [-0.1, -0.05) is 32.0 Å². The number of benzene rings is 1. The summed E-state index contributed by atoms with van der Waals surface area (Å²) in [6, 6.07) is 7.14. The number of hydrogen-bond donors (Lipinski definition) is 3. The third-order valence-corrected chi connectivity index (χ3v) is 4.16. The molecule has 118 valence electrons. The molecule has 0 amide bonds. The van der Waals surface area contributed by atoms with Crippen LogP contribution in [0.1, 0.15) is 19.4 Å². The van der Waals surface area contributed by atoms with Crippen LogP contribution < -0.4 is 5.32 Å². The van der Waals surface area contributed by atoms with Gasteiger partial charge in [0.25, 0.3) is 0 Å². The zero-order valence-electron chi connectivity index (χ0n) is 12.8. The topological polar surface area (TPSA) is 65.0 Å². The second-order valence-corrected chi connectivity index (χ2v) is 5.46. The number of ether oxygens (including phenoxy) is 1. The molecule has 1 aliphatic rings. The normalized spacial score (nSPS) is 25.6. The molecule has 1 aromatic rings. The third kappa shape index (κ3) is 4.17. The number of aliphatic hydroxyl groups excluding tert-OH is 1. The van der Waals surface area contributed by atoms with Gasteiger partial charge in [-0.3, -0.25) is 0 Å². The second-order valence-electron chi connectivity index (χ2n) is 5.46. The van der Waals surface area contributed by atoms with Crippen molar-refractivity contribution in [3.05, 3.63) is 29.8 Å². The molecule has 21 heavy (non-hydrogen) atoms. The van der Waals surface area contributed by atoms with Crippen LogP contribution in [0.5, 0.6) is 5.75 Å². The van der Waals surface area contributed by atoms with E-state index < -0.39 is 6.10 Å². The summed E-state index contributed by atoms with van der Waals surface area (Å²) in [4.78, 5) is 2.25. The molecule has 0 radical (unpaired) electrons. The minimum Gasteiger partial charge on any atom is -0.508 e. The zero-order valence-corrected chi connectivity index (χ0v) is 12.8. The minimum absolute atomic E-state index is 0.0924. The van der Waals surface area contributed by atoms with Gasteiger partial charge in [0.15, 0.2) is 0 Å². The molecular weight excluding hydrogens is 268 g/mol. The van der Waals surface area contributed by atoms with E-state index in [0.29, 0.717) is 13.2 Å². The van der Waals surface area contributed by atoms with Gasteiger partial charge in [-0.15, -0.1) is 0 Å². The molecule has 0 spiro atoms. The fourth-order valence-electron chi connectivity index (χ4n) is 2.66. The number of nitrogens with one attached hydrogen (secondary N) is 1. The number of phenolic OH excluding ortho intramolecular Hbond substituents is 1. The molecule has 0 bridgehead atoms. The number of likely N-dealkylation sites (N-methyl/N-ethyl adjacent to an activating group) is 1. The van der Waals surface area contributed by atoms with E-state index in [-0.39, 0.29) is 17.9 Å². The largest absolute Gasteiger partial charge is 0.508 e. The van der Waals surface area contributed by atoms with Crippen LogP contribution >= 0.6 is 0 Å². The van der Waals surface area contributed by atoms with Crippen LogP contribution in [0.15, 0.2) is 24.3 Å².